The molecule has 154 valence electrons. The van der Waals surface area contributed by atoms with Crippen LogP contribution in [0.1, 0.15) is 31.4 Å². The summed E-state index contributed by atoms with van der Waals surface area (Å²) in [6.07, 6.45) is 3.46. The van der Waals surface area contributed by atoms with E-state index in [1.165, 1.54) is 16.9 Å². The number of hydrogen-bond donors (Lipinski definition) is 3. The molecule has 1 aliphatic rings. The molecule has 3 rings (SSSR count). The van der Waals surface area contributed by atoms with Gasteiger partial charge in [0, 0.05) is 39.4 Å². The van der Waals surface area contributed by atoms with E-state index in [1.54, 1.807) is 0 Å². The summed E-state index contributed by atoms with van der Waals surface area (Å²) in [6, 6.07) is 19.9. The van der Waals surface area contributed by atoms with E-state index in [-0.39, 0.29) is 0 Å². The molecule has 5 nitrogen and oxygen atoms in total. The third kappa shape index (κ3) is 8.73. The molecule has 2 aromatic rings. The predicted molar refractivity (Wildman–Crippen MR) is 117 cm³/mol. The molecule has 7 heteroatoms. The number of rotatable bonds is 5. The molecule has 29 heavy (non-hydrogen) atoms. The molecule has 1 heterocycles. The third-order valence-corrected chi connectivity index (χ3v) is 5.76. The number of nitrogens with one attached hydrogen (secondary N) is 1. The van der Waals surface area contributed by atoms with Crippen molar-refractivity contribution in [3.8, 4) is 0 Å². The van der Waals surface area contributed by atoms with Gasteiger partial charge in [-0.25, -0.2) is 9.59 Å². The second kappa shape index (κ2) is 11.7. The number of thioether (sulfide) groups is 1. The van der Waals surface area contributed by atoms with Gasteiger partial charge < -0.3 is 15.5 Å². The van der Waals surface area contributed by atoms with E-state index >= 15 is 0 Å². The van der Waals surface area contributed by atoms with Crippen LogP contribution in [0.2, 0.25) is 5.02 Å². The Morgan fingerprint density at radius 1 is 1.03 bits per heavy atom. The van der Waals surface area contributed by atoms with Gasteiger partial charge in [0.05, 0.1) is 0 Å². The van der Waals surface area contributed by atoms with E-state index < -0.39 is 11.9 Å². The highest BCUT2D eigenvalue weighted by Gasteiger charge is 2.27. The fourth-order valence-electron chi connectivity index (χ4n) is 3.12. The van der Waals surface area contributed by atoms with Crippen LogP contribution in [0, 0.1) is 0 Å². The molecule has 0 amide bonds. The predicted octanol–water partition coefficient (Wildman–Crippen LogP) is 5.03. The number of carboxylic acids is 2. The zero-order valence-corrected chi connectivity index (χ0v) is 17.6. The standard InChI is InChI=1S/C18H20ClNS.C4H4O4/c1-13-10-17(21-16-8-3-2-4-9-16)12-18(20-13)14-6-5-7-15(19)11-14;5-3(6)1-2-4(7)8/h2-9,11,13,17-18,20H,10,12H2,1H3;1-2H,(H,5,6)(H,7,8)/t13-,17+,18-;/m1./s1. The highest BCUT2D eigenvalue weighted by molar-refractivity contribution is 8.00. The minimum absolute atomic E-state index is 0.397. The largest absolute Gasteiger partial charge is 0.478 e. The van der Waals surface area contributed by atoms with Gasteiger partial charge in [0.1, 0.15) is 0 Å². The molecule has 0 saturated carbocycles. The molecule has 1 aliphatic heterocycles. The SMILES string of the molecule is C[C@@H]1C[C@H](Sc2ccccc2)C[C@H](c2cccc(Cl)c2)N1.O=C(O)C=CC(=O)O. The van der Waals surface area contributed by atoms with Crippen LogP contribution in [0.15, 0.2) is 71.6 Å². The first-order valence-electron chi connectivity index (χ1n) is 9.20. The summed E-state index contributed by atoms with van der Waals surface area (Å²) in [5.74, 6) is -2.51. The lowest BCUT2D eigenvalue weighted by atomic mass is 9.94. The summed E-state index contributed by atoms with van der Waals surface area (Å²) in [6.45, 7) is 2.27. The van der Waals surface area contributed by atoms with Gasteiger partial charge >= 0.3 is 11.9 Å². The summed E-state index contributed by atoms with van der Waals surface area (Å²) in [7, 11) is 0. The van der Waals surface area contributed by atoms with Crippen LogP contribution < -0.4 is 5.32 Å². The topological polar surface area (TPSA) is 86.6 Å². The van der Waals surface area contributed by atoms with Gasteiger partial charge in [0.25, 0.3) is 0 Å². The normalized spacial score (nSPS) is 21.2. The molecule has 1 saturated heterocycles. The van der Waals surface area contributed by atoms with Crippen LogP contribution in [0.3, 0.4) is 0 Å². The molecule has 0 spiro atoms. The Labute approximate surface area is 179 Å². The van der Waals surface area contributed by atoms with Crippen molar-refractivity contribution in [3.63, 3.8) is 0 Å². The van der Waals surface area contributed by atoms with Crippen LogP contribution >= 0.6 is 23.4 Å². The van der Waals surface area contributed by atoms with Crippen molar-refractivity contribution < 1.29 is 19.8 Å². The van der Waals surface area contributed by atoms with Crippen LogP contribution in [0.25, 0.3) is 0 Å². The Morgan fingerprint density at radius 2 is 1.69 bits per heavy atom. The number of piperidine rings is 1. The summed E-state index contributed by atoms with van der Waals surface area (Å²) in [4.78, 5) is 20.5. The van der Waals surface area contributed by atoms with E-state index in [4.69, 9.17) is 21.8 Å². The molecule has 1 fully saturated rings. The van der Waals surface area contributed by atoms with E-state index in [0.29, 0.717) is 29.5 Å². The van der Waals surface area contributed by atoms with Gasteiger partial charge in [-0.1, -0.05) is 41.9 Å². The number of benzene rings is 2. The number of hydrogen-bond acceptors (Lipinski definition) is 4. The molecular formula is C22H24ClNO4S. The van der Waals surface area contributed by atoms with Crippen molar-refractivity contribution in [1.82, 2.24) is 5.32 Å². The summed E-state index contributed by atoms with van der Waals surface area (Å²) in [5.41, 5.74) is 1.30. The number of halogens is 1. The first-order valence-corrected chi connectivity index (χ1v) is 10.5. The second-order valence-electron chi connectivity index (χ2n) is 6.71. The van der Waals surface area contributed by atoms with Crippen LogP contribution in [-0.2, 0) is 9.59 Å². The van der Waals surface area contributed by atoms with E-state index in [9.17, 15) is 9.59 Å². The lowest BCUT2D eigenvalue weighted by Crippen LogP contribution is -2.39. The Kier molecular flexibility index (Phi) is 9.25. The monoisotopic (exact) mass is 433 g/mol. The maximum absolute atomic E-state index is 9.55. The quantitative estimate of drug-likeness (QED) is 0.573. The highest BCUT2D eigenvalue weighted by atomic mass is 35.5. The minimum Gasteiger partial charge on any atom is -0.478 e. The van der Waals surface area contributed by atoms with Crippen LogP contribution in [0.4, 0.5) is 0 Å². The van der Waals surface area contributed by atoms with Crippen LogP contribution in [0.5, 0.6) is 0 Å². The lowest BCUT2D eigenvalue weighted by molar-refractivity contribution is -0.134. The molecule has 3 N–H and O–H groups in total. The smallest absolute Gasteiger partial charge is 0.328 e. The lowest BCUT2D eigenvalue weighted by Gasteiger charge is -2.35. The van der Waals surface area contributed by atoms with Crippen molar-refractivity contribution in [2.24, 2.45) is 0 Å². The summed E-state index contributed by atoms with van der Waals surface area (Å²) >= 11 is 8.13. The summed E-state index contributed by atoms with van der Waals surface area (Å²) < 4.78 is 0. The molecule has 0 bridgehead atoms. The Bertz CT molecular complexity index is 828. The average Bonchev–Trinajstić information content (AvgIpc) is 2.67. The van der Waals surface area contributed by atoms with Gasteiger partial charge in [0.15, 0.2) is 0 Å². The van der Waals surface area contributed by atoms with Crippen molar-refractivity contribution >= 4 is 35.3 Å². The molecule has 0 aromatic heterocycles. The van der Waals surface area contributed by atoms with Crippen LogP contribution in [-0.4, -0.2) is 33.4 Å². The van der Waals surface area contributed by atoms with Crippen molar-refractivity contribution in [3.05, 3.63) is 77.3 Å². The van der Waals surface area contributed by atoms with E-state index in [2.05, 4.69) is 54.7 Å². The van der Waals surface area contributed by atoms with E-state index in [0.717, 1.165) is 11.4 Å². The first-order chi connectivity index (χ1) is 13.8. The van der Waals surface area contributed by atoms with Gasteiger partial charge in [-0.05, 0) is 49.6 Å². The number of carbonyl (C=O) groups is 2. The molecule has 0 unspecified atom stereocenters. The Morgan fingerprint density at radius 3 is 2.28 bits per heavy atom. The number of aliphatic carboxylic acids is 2. The minimum atomic E-state index is -1.26. The van der Waals surface area contributed by atoms with Gasteiger partial charge in [0.2, 0.25) is 0 Å². The number of carboxylic acid groups (broad SMARTS) is 2. The Hall–Kier alpha value is -2.28. The zero-order chi connectivity index (χ0) is 21.2. The average molecular weight is 434 g/mol. The fraction of sp³-hybridized carbons (Fsp3) is 0.273. The van der Waals surface area contributed by atoms with E-state index in [1.807, 2.05) is 23.9 Å². The van der Waals surface area contributed by atoms with Gasteiger partial charge in [-0.3, -0.25) is 0 Å². The molecule has 0 radical (unpaired) electrons. The molecular weight excluding hydrogens is 410 g/mol. The first kappa shape index (κ1) is 23.0. The van der Waals surface area contributed by atoms with Crippen molar-refractivity contribution in [2.75, 3.05) is 0 Å². The molecule has 3 atom stereocenters. The molecule has 2 aromatic carbocycles. The van der Waals surface area contributed by atoms with Gasteiger partial charge in [-0.2, -0.15) is 0 Å². The third-order valence-electron chi connectivity index (χ3n) is 4.27. The second-order valence-corrected chi connectivity index (χ2v) is 8.52. The van der Waals surface area contributed by atoms with Crippen molar-refractivity contribution in [2.45, 2.75) is 42.0 Å². The zero-order valence-electron chi connectivity index (χ0n) is 16.0. The molecule has 0 aliphatic carbocycles. The fourth-order valence-corrected chi connectivity index (χ4v) is 4.69. The highest BCUT2D eigenvalue weighted by Crippen LogP contribution is 2.36. The maximum atomic E-state index is 9.55. The van der Waals surface area contributed by atoms with Gasteiger partial charge in [-0.15, -0.1) is 11.8 Å². The van der Waals surface area contributed by atoms with Crippen molar-refractivity contribution in [1.29, 1.82) is 0 Å². The maximum Gasteiger partial charge on any atom is 0.328 e. The Balaban J connectivity index is 0.000000321. The summed E-state index contributed by atoms with van der Waals surface area (Å²) in [5, 5.41) is 20.8.